The Morgan fingerprint density at radius 1 is 1.29 bits per heavy atom. The van der Waals surface area contributed by atoms with Gasteiger partial charge in [0, 0.05) is 20.0 Å². The third-order valence-electron chi connectivity index (χ3n) is 2.93. The Bertz CT molecular complexity index is 483. The summed E-state index contributed by atoms with van der Waals surface area (Å²) in [7, 11) is 1.71. The first-order chi connectivity index (χ1) is 10.2. The fourth-order valence-electron chi connectivity index (χ4n) is 1.78. The first kappa shape index (κ1) is 16.8. The monoisotopic (exact) mass is 290 g/mol. The number of amides is 1. The molecule has 0 N–H and O–H groups in total. The van der Waals surface area contributed by atoms with Gasteiger partial charge in [0.1, 0.15) is 0 Å². The zero-order valence-corrected chi connectivity index (χ0v) is 12.7. The van der Waals surface area contributed by atoms with Gasteiger partial charge in [-0.1, -0.05) is 12.1 Å². The lowest BCUT2D eigenvalue weighted by Gasteiger charge is -2.15. The molecule has 5 heteroatoms. The van der Waals surface area contributed by atoms with Gasteiger partial charge >= 0.3 is 0 Å². The fraction of sp³-hybridized carbons (Fsp3) is 0.500. The molecule has 1 aromatic carbocycles. The molecule has 114 valence electrons. The second-order valence-electron chi connectivity index (χ2n) is 4.56. The highest BCUT2D eigenvalue weighted by Gasteiger charge is 2.08. The Morgan fingerprint density at radius 3 is 2.57 bits per heavy atom. The molecule has 0 saturated carbocycles. The Kier molecular flexibility index (Phi) is 7.73. The van der Waals surface area contributed by atoms with Gasteiger partial charge in [-0.3, -0.25) is 4.79 Å². The largest absolute Gasteiger partial charge is 0.490 e. The number of para-hydroxylation sites is 2. The SMILES string of the molecule is CCOc1ccccc1OCCCC(=O)N(C)CCC#N. The minimum atomic E-state index is 0.0342. The summed E-state index contributed by atoms with van der Waals surface area (Å²) in [5, 5.41) is 8.49. The average molecular weight is 290 g/mol. The molecule has 1 amide bonds. The quantitative estimate of drug-likeness (QED) is 0.656. The first-order valence-corrected chi connectivity index (χ1v) is 7.14. The van der Waals surface area contributed by atoms with Crippen LogP contribution < -0.4 is 9.47 Å². The van der Waals surface area contributed by atoms with Gasteiger partial charge in [0.25, 0.3) is 0 Å². The summed E-state index contributed by atoms with van der Waals surface area (Å²) in [4.78, 5) is 13.3. The van der Waals surface area contributed by atoms with E-state index in [1.165, 1.54) is 0 Å². The van der Waals surface area contributed by atoms with Crippen molar-refractivity contribution in [3.05, 3.63) is 24.3 Å². The minimum absolute atomic E-state index is 0.0342. The Labute approximate surface area is 126 Å². The van der Waals surface area contributed by atoms with Gasteiger partial charge < -0.3 is 14.4 Å². The highest BCUT2D eigenvalue weighted by atomic mass is 16.5. The minimum Gasteiger partial charge on any atom is -0.490 e. The van der Waals surface area contributed by atoms with Crippen LogP contribution in [0.2, 0.25) is 0 Å². The van der Waals surface area contributed by atoms with E-state index in [0.717, 1.165) is 5.75 Å². The molecule has 0 fully saturated rings. The van der Waals surface area contributed by atoms with Gasteiger partial charge in [-0.05, 0) is 25.5 Å². The molecule has 0 heterocycles. The normalized spacial score (nSPS) is 9.76. The molecule has 1 rings (SSSR count). The van der Waals surface area contributed by atoms with Crippen molar-refractivity contribution in [1.29, 1.82) is 5.26 Å². The molecule has 5 nitrogen and oxygen atoms in total. The molecule has 0 aliphatic heterocycles. The van der Waals surface area contributed by atoms with Crippen LogP contribution in [-0.2, 0) is 4.79 Å². The number of carbonyl (C=O) groups excluding carboxylic acids is 1. The molecule has 0 unspecified atom stereocenters. The third kappa shape index (κ3) is 6.17. The molecule has 0 aliphatic rings. The van der Waals surface area contributed by atoms with Crippen molar-refractivity contribution in [2.24, 2.45) is 0 Å². The lowest BCUT2D eigenvalue weighted by atomic mass is 10.2. The van der Waals surface area contributed by atoms with Crippen LogP contribution in [0, 0.1) is 11.3 Å². The van der Waals surface area contributed by atoms with Gasteiger partial charge in [-0.15, -0.1) is 0 Å². The Morgan fingerprint density at radius 2 is 1.95 bits per heavy atom. The summed E-state index contributed by atoms with van der Waals surface area (Å²) in [5.41, 5.74) is 0. The van der Waals surface area contributed by atoms with Crippen molar-refractivity contribution in [2.75, 3.05) is 26.8 Å². The topological polar surface area (TPSA) is 62.6 Å². The summed E-state index contributed by atoms with van der Waals surface area (Å²) in [6, 6.07) is 9.52. The van der Waals surface area contributed by atoms with Crippen LogP contribution in [-0.4, -0.2) is 37.6 Å². The smallest absolute Gasteiger partial charge is 0.222 e. The molecule has 0 aliphatic carbocycles. The van der Waals surface area contributed by atoms with Crippen molar-refractivity contribution in [1.82, 2.24) is 4.90 Å². The van der Waals surface area contributed by atoms with Crippen molar-refractivity contribution in [2.45, 2.75) is 26.2 Å². The summed E-state index contributed by atoms with van der Waals surface area (Å²) >= 11 is 0. The number of ether oxygens (including phenoxy) is 2. The molecule has 0 saturated heterocycles. The van der Waals surface area contributed by atoms with Gasteiger partial charge in [-0.25, -0.2) is 0 Å². The van der Waals surface area contributed by atoms with Crippen molar-refractivity contribution >= 4 is 5.91 Å². The predicted molar refractivity (Wildman–Crippen MR) is 80.2 cm³/mol. The summed E-state index contributed by atoms with van der Waals surface area (Å²) in [6.07, 6.45) is 1.41. The number of hydrogen-bond acceptors (Lipinski definition) is 4. The van der Waals surface area contributed by atoms with Gasteiger partial charge in [-0.2, -0.15) is 5.26 Å². The van der Waals surface area contributed by atoms with Crippen LogP contribution >= 0.6 is 0 Å². The maximum Gasteiger partial charge on any atom is 0.222 e. The molecule has 0 aromatic heterocycles. The molecule has 0 radical (unpaired) electrons. The molecular weight excluding hydrogens is 268 g/mol. The van der Waals surface area contributed by atoms with E-state index >= 15 is 0 Å². The number of benzene rings is 1. The molecule has 0 spiro atoms. The van der Waals surface area contributed by atoms with Gasteiger partial charge in [0.2, 0.25) is 5.91 Å². The lowest BCUT2D eigenvalue weighted by Crippen LogP contribution is -2.27. The van der Waals surface area contributed by atoms with Crippen LogP contribution in [0.1, 0.15) is 26.2 Å². The summed E-state index contributed by atoms with van der Waals surface area (Å²) < 4.78 is 11.1. The molecular formula is C16H22N2O3. The van der Waals surface area contributed by atoms with E-state index in [0.29, 0.717) is 44.8 Å². The van der Waals surface area contributed by atoms with Crippen LogP contribution in [0.5, 0.6) is 11.5 Å². The second kappa shape index (κ2) is 9.65. The van der Waals surface area contributed by atoms with E-state index in [1.807, 2.05) is 37.3 Å². The lowest BCUT2D eigenvalue weighted by molar-refractivity contribution is -0.130. The number of rotatable bonds is 9. The van der Waals surface area contributed by atoms with Crippen LogP contribution in [0.25, 0.3) is 0 Å². The molecule has 0 bridgehead atoms. The molecule has 0 atom stereocenters. The van der Waals surface area contributed by atoms with Crippen molar-refractivity contribution < 1.29 is 14.3 Å². The zero-order chi connectivity index (χ0) is 15.5. The average Bonchev–Trinajstić information content (AvgIpc) is 2.50. The third-order valence-corrected chi connectivity index (χ3v) is 2.93. The van der Waals surface area contributed by atoms with Gasteiger partial charge in [0.15, 0.2) is 11.5 Å². The predicted octanol–water partition coefficient (Wildman–Crippen LogP) is 2.62. The van der Waals surface area contributed by atoms with Crippen LogP contribution in [0.4, 0.5) is 0 Å². The highest BCUT2D eigenvalue weighted by molar-refractivity contribution is 5.75. The molecule has 21 heavy (non-hydrogen) atoms. The van der Waals surface area contributed by atoms with E-state index in [-0.39, 0.29) is 5.91 Å². The highest BCUT2D eigenvalue weighted by Crippen LogP contribution is 2.26. The summed E-state index contributed by atoms with van der Waals surface area (Å²) in [5.74, 6) is 1.45. The number of nitrogens with zero attached hydrogens (tertiary/aromatic N) is 2. The maximum absolute atomic E-state index is 11.8. The fourth-order valence-corrected chi connectivity index (χ4v) is 1.78. The first-order valence-electron chi connectivity index (χ1n) is 7.14. The number of hydrogen-bond donors (Lipinski definition) is 0. The number of carbonyl (C=O) groups is 1. The standard InChI is InChI=1S/C16H22N2O3/c1-3-20-14-8-4-5-9-15(14)21-13-6-10-16(19)18(2)12-7-11-17/h4-5,8-9H,3,6-7,10,12-13H2,1-2H3. The van der Waals surface area contributed by atoms with E-state index < -0.39 is 0 Å². The van der Waals surface area contributed by atoms with E-state index in [4.69, 9.17) is 14.7 Å². The van der Waals surface area contributed by atoms with Crippen LogP contribution in [0.15, 0.2) is 24.3 Å². The second-order valence-corrected chi connectivity index (χ2v) is 4.56. The van der Waals surface area contributed by atoms with E-state index in [2.05, 4.69) is 0 Å². The Hall–Kier alpha value is -2.22. The number of nitriles is 1. The summed E-state index contributed by atoms with van der Waals surface area (Å²) in [6.45, 7) is 3.44. The Balaban J connectivity index is 2.31. The maximum atomic E-state index is 11.8. The van der Waals surface area contributed by atoms with Gasteiger partial charge in [0.05, 0.1) is 25.7 Å². The van der Waals surface area contributed by atoms with Crippen molar-refractivity contribution in [3.8, 4) is 17.6 Å². The van der Waals surface area contributed by atoms with E-state index in [9.17, 15) is 4.79 Å². The van der Waals surface area contributed by atoms with E-state index in [1.54, 1.807) is 11.9 Å². The zero-order valence-electron chi connectivity index (χ0n) is 12.7. The van der Waals surface area contributed by atoms with Crippen molar-refractivity contribution in [3.63, 3.8) is 0 Å². The van der Waals surface area contributed by atoms with Crippen LogP contribution in [0.3, 0.4) is 0 Å². The molecule has 1 aromatic rings.